The van der Waals surface area contributed by atoms with Gasteiger partial charge in [-0.15, -0.1) is 0 Å². The summed E-state index contributed by atoms with van der Waals surface area (Å²) < 4.78 is 0. The Labute approximate surface area is 165 Å². The second kappa shape index (κ2) is 6.86. The minimum Gasteiger partial charge on any atom is -0.354 e. The summed E-state index contributed by atoms with van der Waals surface area (Å²) in [5, 5.41) is 1.27. The predicted molar refractivity (Wildman–Crippen MR) is 119 cm³/mol. The average molecular weight is 359 g/mol. The summed E-state index contributed by atoms with van der Waals surface area (Å²) >= 11 is 0. The van der Waals surface area contributed by atoms with Crippen molar-refractivity contribution in [3.05, 3.63) is 109 Å². The van der Waals surface area contributed by atoms with Gasteiger partial charge in [0.2, 0.25) is 0 Å². The molecule has 1 heteroatoms. The number of benzene rings is 4. The van der Waals surface area contributed by atoms with Gasteiger partial charge < -0.3 is 4.98 Å². The van der Waals surface area contributed by atoms with Crippen LogP contribution in [0.25, 0.3) is 44.4 Å². The van der Waals surface area contributed by atoms with Crippen LogP contribution < -0.4 is 0 Å². The molecule has 1 heterocycles. The molecule has 0 amide bonds. The fraction of sp³-hybridized carbons (Fsp3) is 0.0370. The monoisotopic (exact) mass is 359 g/mol. The van der Waals surface area contributed by atoms with Gasteiger partial charge in [-0.2, -0.15) is 0 Å². The van der Waals surface area contributed by atoms with Crippen LogP contribution in [0.2, 0.25) is 0 Å². The van der Waals surface area contributed by atoms with Gasteiger partial charge in [0.1, 0.15) is 0 Å². The quantitative estimate of drug-likeness (QED) is 0.344. The Morgan fingerprint density at radius 1 is 0.536 bits per heavy atom. The summed E-state index contributed by atoms with van der Waals surface area (Å²) in [5.41, 5.74) is 9.80. The molecule has 0 saturated carbocycles. The van der Waals surface area contributed by atoms with Gasteiger partial charge in [-0.1, -0.05) is 103 Å². The van der Waals surface area contributed by atoms with Crippen LogP contribution in [-0.2, 0) is 0 Å². The molecule has 0 aliphatic heterocycles. The van der Waals surface area contributed by atoms with Crippen molar-refractivity contribution < 1.29 is 0 Å². The first-order valence-electron chi connectivity index (χ1n) is 9.64. The van der Waals surface area contributed by atoms with Crippen LogP contribution in [0.1, 0.15) is 5.56 Å². The highest BCUT2D eigenvalue weighted by Crippen LogP contribution is 2.42. The third-order valence-corrected chi connectivity index (χ3v) is 5.31. The van der Waals surface area contributed by atoms with Gasteiger partial charge in [0, 0.05) is 16.5 Å². The minimum absolute atomic E-state index is 1.16. The molecular formula is C27H21N. The SMILES string of the molecule is Cc1ccc(-c2[nH]c3cccc(-c4ccccc4)c3c2-c2ccccc2)cc1. The van der Waals surface area contributed by atoms with E-state index >= 15 is 0 Å². The van der Waals surface area contributed by atoms with Crippen LogP contribution >= 0.6 is 0 Å². The average Bonchev–Trinajstić information content (AvgIpc) is 3.15. The maximum atomic E-state index is 3.71. The van der Waals surface area contributed by atoms with E-state index in [0.717, 1.165) is 5.52 Å². The number of aryl methyl sites for hydroxylation is 1. The fourth-order valence-electron chi connectivity index (χ4n) is 3.94. The van der Waals surface area contributed by atoms with Gasteiger partial charge in [-0.3, -0.25) is 0 Å². The van der Waals surface area contributed by atoms with E-state index in [4.69, 9.17) is 0 Å². The number of hydrogen-bond acceptors (Lipinski definition) is 0. The maximum absolute atomic E-state index is 3.71. The number of aromatic amines is 1. The topological polar surface area (TPSA) is 15.8 Å². The van der Waals surface area contributed by atoms with E-state index in [9.17, 15) is 0 Å². The van der Waals surface area contributed by atoms with Crippen molar-refractivity contribution in [1.82, 2.24) is 4.98 Å². The van der Waals surface area contributed by atoms with Crippen molar-refractivity contribution in [3.8, 4) is 33.5 Å². The van der Waals surface area contributed by atoms with Crippen LogP contribution in [0.4, 0.5) is 0 Å². The second-order valence-electron chi connectivity index (χ2n) is 7.20. The molecule has 0 unspecified atom stereocenters. The van der Waals surface area contributed by atoms with Crippen LogP contribution in [-0.4, -0.2) is 4.98 Å². The van der Waals surface area contributed by atoms with Crippen molar-refractivity contribution in [2.75, 3.05) is 0 Å². The molecule has 1 nitrogen and oxygen atoms in total. The number of H-pyrrole nitrogens is 1. The number of nitrogens with one attached hydrogen (secondary N) is 1. The largest absolute Gasteiger partial charge is 0.354 e. The molecule has 0 radical (unpaired) electrons. The molecular weight excluding hydrogens is 338 g/mol. The van der Waals surface area contributed by atoms with Gasteiger partial charge in [0.05, 0.1) is 5.69 Å². The van der Waals surface area contributed by atoms with E-state index in [1.807, 2.05) is 0 Å². The molecule has 1 N–H and O–H groups in total. The van der Waals surface area contributed by atoms with Gasteiger partial charge in [-0.05, 0) is 35.2 Å². The zero-order valence-electron chi connectivity index (χ0n) is 15.8. The fourth-order valence-corrected chi connectivity index (χ4v) is 3.94. The highest BCUT2D eigenvalue weighted by atomic mass is 14.7. The third-order valence-electron chi connectivity index (χ3n) is 5.31. The van der Waals surface area contributed by atoms with Gasteiger partial charge in [-0.25, -0.2) is 0 Å². The lowest BCUT2D eigenvalue weighted by atomic mass is 9.93. The van der Waals surface area contributed by atoms with Crippen LogP contribution in [0.15, 0.2) is 103 Å². The molecule has 4 aromatic carbocycles. The smallest absolute Gasteiger partial charge is 0.0544 e. The highest BCUT2D eigenvalue weighted by molar-refractivity contribution is 6.10. The van der Waals surface area contributed by atoms with Crippen LogP contribution in [0, 0.1) is 6.92 Å². The Kier molecular flexibility index (Phi) is 4.06. The normalized spacial score (nSPS) is 11.0. The van der Waals surface area contributed by atoms with E-state index in [-0.39, 0.29) is 0 Å². The second-order valence-corrected chi connectivity index (χ2v) is 7.20. The molecule has 28 heavy (non-hydrogen) atoms. The molecule has 0 atom stereocenters. The number of fused-ring (bicyclic) bond motifs is 1. The van der Waals surface area contributed by atoms with Crippen molar-refractivity contribution >= 4 is 10.9 Å². The lowest BCUT2D eigenvalue weighted by Crippen LogP contribution is -1.85. The molecule has 5 rings (SSSR count). The predicted octanol–water partition coefficient (Wildman–Crippen LogP) is 7.48. The van der Waals surface area contributed by atoms with E-state index in [0.29, 0.717) is 0 Å². The number of hydrogen-bond donors (Lipinski definition) is 1. The Balaban J connectivity index is 1.88. The summed E-state index contributed by atoms with van der Waals surface area (Å²) in [4.78, 5) is 3.71. The van der Waals surface area contributed by atoms with Crippen molar-refractivity contribution in [2.24, 2.45) is 0 Å². The Bertz CT molecular complexity index is 1230. The lowest BCUT2D eigenvalue weighted by molar-refractivity contribution is 1.42. The number of aromatic nitrogens is 1. The summed E-state index contributed by atoms with van der Waals surface area (Å²) in [6, 6.07) is 36.6. The summed E-state index contributed by atoms with van der Waals surface area (Å²) in [6.45, 7) is 2.13. The molecule has 0 saturated heterocycles. The number of rotatable bonds is 3. The molecule has 0 bridgehead atoms. The van der Waals surface area contributed by atoms with Crippen molar-refractivity contribution in [1.29, 1.82) is 0 Å². The van der Waals surface area contributed by atoms with E-state index in [2.05, 4.69) is 115 Å². The zero-order valence-corrected chi connectivity index (χ0v) is 15.8. The van der Waals surface area contributed by atoms with Crippen LogP contribution in [0.5, 0.6) is 0 Å². The van der Waals surface area contributed by atoms with Crippen molar-refractivity contribution in [2.45, 2.75) is 6.92 Å². The minimum atomic E-state index is 1.16. The lowest BCUT2D eigenvalue weighted by Gasteiger charge is -2.09. The Morgan fingerprint density at radius 2 is 1.18 bits per heavy atom. The van der Waals surface area contributed by atoms with E-state index in [1.54, 1.807) is 0 Å². The first-order chi connectivity index (χ1) is 13.8. The molecule has 0 aliphatic carbocycles. The molecule has 134 valence electrons. The van der Waals surface area contributed by atoms with Gasteiger partial charge in [0.25, 0.3) is 0 Å². The maximum Gasteiger partial charge on any atom is 0.0544 e. The standard InChI is InChI=1S/C27H21N/c1-19-15-17-22(18-16-19)27-25(21-11-6-3-7-12-21)26-23(13-8-14-24(26)28-27)20-9-4-2-5-10-20/h2-18,28H,1H3. The molecule has 1 aromatic heterocycles. The van der Waals surface area contributed by atoms with Crippen LogP contribution in [0.3, 0.4) is 0 Å². The molecule has 0 aliphatic rings. The summed E-state index contributed by atoms with van der Waals surface area (Å²) in [5.74, 6) is 0. The first kappa shape index (κ1) is 16.6. The zero-order chi connectivity index (χ0) is 18.9. The third kappa shape index (κ3) is 2.82. The molecule has 0 spiro atoms. The molecule has 0 fully saturated rings. The summed E-state index contributed by atoms with van der Waals surface area (Å²) in [7, 11) is 0. The van der Waals surface area contributed by atoms with Gasteiger partial charge in [0.15, 0.2) is 0 Å². The Hall–Kier alpha value is -3.58. The molecule has 5 aromatic rings. The van der Waals surface area contributed by atoms with Gasteiger partial charge >= 0.3 is 0 Å². The van der Waals surface area contributed by atoms with E-state index < -0.39 is 0 Å². The Morgan fingerprint density at radius 3 is 1.86 bits per heavy atom. The van der Waals surface area contributed by atoms with E-state index in [1.165, 1.54) is 44.5 Å². The highest BCUT2D eigenvalue weighted by Gasteiger charge is 2.18. The first-order valence-corrected chi connectivity index (χ1v) is 9.64. The van der Waals surface area contributed by atoms with Crippen molar-refractivity contribution in [3.63, 3.8) is 0 Å². The summed E-state index contributed by atoms with van der Waals surface area (Å²) in [6.07, 6.45) is 0.